The Hall–Kier alpha value is -3.08. The molecule has 150 valence electrons. The molecule has 2 amide bonds. The van der Waals surface area contributed by atoms with Crippen LogP contribution in [-0.4, -0.2) is 25.2 Å². The van der Waals surface area contributed by atoms with Gasteiger partial charge in [0.2, 0.25) is 15.9 Å². The number of hydrogen-bond acceptors (Lipinski definition) is 6. The molecule has 0 saturated carbocycles. The Morgan fingerprint density at radius 2 is 1.69 bits per heavy atom. The Bertz CT molecular complexity index is 1110. The second-order valence-electron chi connectivity index (χ2n) is 6.10. The normalized spacial score (nSPS) is 11.1. The fourth-order valence-electron chi connectivity index (χ4n) is 2.44. The van der Waals surface area contributed by atoms with Gasteiger partial charge >= 0.3 is 0 Å². The molecule has 0 fully saturated rings. The molecular formula is C19H18N4O4S2. The van der Waals surface area contributed by atoms with Gasteiger partial charge in [0, 0.05) is 17.5 Å². The molecule has 10 heteroatoms. The fourth-order valence-corrected chi connectivity index (χ4v) is 3.67. The Balaban J connectivity index is 1.54. The number of rotatable bonds is 7. The van der Waals surface area contributed by atoms with Gasteiger partial charge in [-0.1, -0.05) is 30.3 Å². The number of anilines is 2. The lowest BCUT2D eigenvalue weighted by atomic mass is 10.1. The molecule has 2 aromatic carbocycles. The van der Waals surface area contributed by atoms with Crippen molar-refractivity contribution in [1.82, 2.24) is 4.98 Å². The number of hydrogen-bond donors (Lipinski definition) is 3. The lowest BCUT2D eigenvalue weighted by molar-refractivity contribution is -0.116. The van der Waals surface area contributed by atoms with Crippen molar-refractivity contribution in [2.45, 2.75) is 17.7 Å². The molecule has 0 atom stereocenters. The summed E-state index contributed by atoms with van der Waals surface area (Å²) in [6, 6.07) is 15.1. The molecule has 0 aliphatic heterocycles. The van der Waals surface area contributed by atoms with E-state index < -0.39 is 15.9 Å². The van der Waals surface area contributed by atoms with E-state index in [0.29, 0.717) is 23.7 Å². The monoisotopic (exact) mass is 430 g/mol. The maximum absolute atomic E-state index is 12.3. The number of carbonyl (C=O) groups excluding carboxylic acids is 2. The number of sulfonamides is 1. The third-order valence-electron chi connectivity index (χ3n) is 3.91. The summed E-state index contributed by atoms with van der Waals surface area (Å²) < 4.78 is 22.5. The number of nitrogens with one attached hydrogen (secondary N) is 2. The summed E-state index contributed by atoms with van der Waals surface area (Å²) in [5.41, 5.74) is 1.60. The van der Waals surface area contributed by atoms with Gasteiger partial charge in [-0.2, -0.15) is 0 Å². The molecule has 0 spiro atoms. The number of aryl methyl sites for hydroxylation is 1. The van der Waals surface area contributed by atoms with Crippen molar-refractivity contribution in [3.63, 3.8) is 0 Å². The number of amides is 2. The molecule has 0 aliphatic rings. The van der Waals surface area contributed by atoms with Crippen molar-refractivity contribution in [1.29, 1.82) is 0 Å². The average molecular weight is 431 g/mol. The van der Waals surface area contributed by atoms with Gasteiger partial charge in [0.15, 0.2) is 5.13 Å². The summed E-state index contributed by atoms with van der Waals surface area (Å²) in [5, 5.41) is 12.2. The maximum atomic E-state index is 12.3. The van der Waals surface area contributed by atoms with Crippen molar-refractivity contribution in [2.75, 3.05) is 10.6 Å². The molecule has 3 rings (SSSR count). The minimum absolute atomic E-state index is 0.0512. The fraction of sp³-hybridized carbons (Fsp3) is 0.105. The zero-order chi connectivity index (χ0) is 20.9. The minimum atomic E-state index is -3.79. The number of nitrogens with zero attached hydrogens (tertiary/aromatic N) is 1. The van der Waals surface area contributed by atoms with Gasteiger partial charge in [-0.25, -0.2) is 18.5 Å². The number of aromatic nitrogens is 1. The zero-order valence-corrected chi connectivity index (χ0v) is 16.8. The zero-order valence-electron chi connectivity index (χ0n) is 15.2. The Labute approximate surface area is 171 Å². The summed E-state index contributed by atoms with van der Waals surface area (Å²) in [7, 11) is -3.79. The molecule has 8 nitrogen and oxygen atoms in total. The lowest BCUT2D eigenvalue weighted by Gasteiger charge is -2.04. The van der Waals surface area contributed by atoms with E-state index in [-0.39, 0.29) is 16.5 Å². The van der Waals surface area contributed by atoms with E-state index in [4.69, 9.17) is 5.14 Å². The molecule has 0 saturated heterocycles. The average Bonchev–Trinajstić information content (AvgIpc) is 3.15. The highest BCUT2D eigenvalue weighted by molar-refractivity contribution is 7.89. The Kier molecular flexibility index (Phi) is 6.37. The van der Waals surface area contributed by atoms with Crippen LogP contribution < -0.4 is 15.8 Å². The van der Waals surface area contributed by atoms with Crippen LogP contribution in [0.2, 0.25) is 0 Å². The highest BCUT2D eigenvalue weighted by atomic mass is 32.2. The minimum Gasteiger partial charge on any atom is -0.321 e. The molecule has 3 aromatic rings. The third kappa shape index (κ3) is 5.95. The smallest absolute Gasteiger partial charge is 0.275 e. The molecule has 4 N–H and O–H groups in total. The van der Waals surface area contributed by atoms with Gasteiger partial charge in [-0.15, -0.1) is 11.3 Å². The van der Waals surface area contributed by atoms with Gasteiger partial charge in [0.25, 0.3) is 5.91 Å². The van der Waals surface area contributed by atoms with Crippen LogP contribution in [0.5, 0.6) is 0 Å². The number of nitrogens with two attached hydrogens (primary N) is 1. The van der Waals surface area contributed by atoms with E-state index in [1.807, 2.05) is 30.3 Å². The summed E-state index contributed by atoms with van der Waals surface area (Å²) in [4.78, 5) is 28.4. The quantitative estimate of drug-likeness (QED) is 0.530. The van der Waals surface area contributed by atoms with Crippen molar-refractivity contribution in [2.24, 2.45) is 5.14 Å². The second kappa shape index (κ2) is 8.95. The first-order valence-corrected chi connectivity index (χ1v) is 11.0. The van der Waals surface area contributed by atoms with Crippen LogP contribution >= 0.6 is 11.3 Å². The van der Waals surface area contributed by atoms with Gasteiger partial charge in [-0.05, 0) is 36.2 Å². The molecule has 0 unspecified atom stereocenters. The van der Waals surface area contributed by atoms with E-state index in [9.17, 15) is 18.0 Å². The van der Waals surface area contributed by atoms with E-state index >= 15 is 0 Å². The van der Waals surface area contributed by atoms with Gasteiger partial charge < -0.3 is 10.6 Å². The van der Waals surface area contributed by atoms with E-state index in [1.54, 1.807) is 0 Å². The van der Waals surface area contributed by atoms with Crippen LogP contribution in [0.15, 0.2) is 64.9 Å². The standard InChI is InChI=1S/C19H18N4O4S2/c20-29(26,27)15-9-7-14(8-10-15)21-18(25)16-12-28-19(22-16)23-17(24)11-6-13-4-2-1-3-5-13/h1-5,7-10,12H,6,11H2,(H,21,25)(H2,20,26,27)(H,22,23,24). The van der Waals surface area contributed by atoms with Crippen LogP contribution in [0.3, 0.4) is 0 Å². The number of carbonyl (C=O) groups is 2. The van der Waals surface area contributed by atoms with Crippen molar-refractivity contribution < 1.29 is 18.0 Å². The Morgan fingerprint density at radius 3 is 2.34 bits per heavy atom. The van der Waals surface area contributed by atoms with Gasteiger partial charge in [0.1, 0.15) is 5.69 Å². The lowest BCUT2D eigenvalue weighted by Crippen LogP contribution is -2.15. The van der Waals surface area contributed by atoms with Crippen LogP contribution in [0.1, 0.15) is 22.5 Å². The second-order valence-corrected chi connectivity index (χ2v) is 8.51. The highest BCUT2D eigenvalue weighted by Gasteiger charge is 2.14. The van der Waals surface area contributed by atoms with Crippen molar-refractivity contribution in [3.05, 3.63) is 71.2 Å². The topological polar surface area (TPSA) is 131 Å². The molecule has 1 aromatic heterocycles. The van der Waals surface area contributed by atoms with Crippen LogP contribution in [0.4, 0.5) is 10.8 Å². The predicted octanol–water partition coefficient (Wildman–Crippen LogP) is 2.61. The first-order chi connectivity index (χ1) is 13.8. The molecule has 0 radical (unpaired) electrons. The highest BCUT2D eigenvalue weighted by Crippen LogP contribution is 2.18. The van der Waals surface area contributed by atoms with Crippen LogP contribution in [0.25, 0.3) is 0 Å². The molecular weight excluding hydrogens is 412 g/mol. The molecule has 1 heterocycles. The largest absolute Gasteiger partial charge is 0.321 e. The van der Waals surface area contributed by atoms with E-state index in [2.05, 4.69) is 15.6 Å². The number of benzene rings is 2. The first kappa shape index (κ1) is 20.6. The summed E-state index contributed by atoms with van der Waals surface area (Å²) in [6.45, 7) is 0. The van der Waals surface area contributed by atoms with Gasteiger partial charge in [-0.3, -0.25) is 9.59 Å². The number of primary sulfonamides is 1. The molecule has 0 bridgehead atoms. The van der Waals surface area contributed by atoms with E-state index in [1.165, 1.54) is 29.6 Å². The van der Waals surface area contributed by atoms with Crippen LogP contribution in [0, 0.1) is 0 Å². The predicted molar refractivity (Wildman–Crippen MR) is 111 cm³/mol. The SMILES string of the molecule is NS(=O)(=O)c1ccc(NC(=O)c2csc(NC(=O)CCc3ccccc3)n2)cc1. The first-order valence-electron chi connectivity index (χ1n) is 8.55. The van der Waals surface area contributed by atoms with Crippen molar-refractivity contribution >= 4 is 44.0 Å². The van der Waals surface area contributed by atoms with Gasteiger partial charge in [0.05, 0.1) is 4.90 Å². The van der Waals surface area contributed by atoms with Crippen LogP contribution in [-0.2, 0) is 21.2 Å². The van der Waals surface area contributed by atoms with E-state index in [0.717, 1.165) is 16.9 Å². The number of thiazole rings is 1. The van der Waals surface area contributed by atoms with Crippen molar-refractivity contribution in [3.8, 4) is 0 Å². The molecule has 29 heavy (non-hydrogen) atoms. The summed E-state index contributed by atoms with van der Waals surface area (Å²) in [5.74, 6) is -0.664. The summed E-state index contributed by atoms with van der Waals surface area (Å²) in [6.07, 6.45) is 0.918. The third-order valence-corrected chi connectivity index (χ3v) is 5.59. The maximum Gasteiger partial charge on any atom is 0.275 e. The Morgan fingerprint density at radius 1 is 1.00 bits per heavy atom. The summed E-state index contributed by atoms with van der Waals surface area (Å²) >= 11 is 1.14. The molecule has 0 aliphatic carbocycles.